The van der Waals surface area contributed by atoms with E-state index in [0.29, 0.717) is 37.8 Å². The SMILES string of the molecule is CCNC(=NCc1ccc(C)cc1OCC)NCc1ccccc1S(=O)(=O)N(C)C.I. The van der Waals surface area contributed by atoms with Crippen molar-refractivity contribution in [3.8, 4) is 5.75 Å². The summed E-state index contributed by atoms with van der Waals surface area (Å²) in [6.07, 6.45) is 0. The Morgan fingerprint density at radius 3 is 2.42 bits per heavy atom. The molecule has 2 rings (SSSR count). The lowest BCUT2D eigenvalue weighted by Crippen LogP contribution is -2.37. The predicted molar refractivity (Wildman–Crippen MR) is 137 cm³/mol. The lowest BCUT2D eigenvalue weighted by molar-refractivity contribution is 0.336. The molecule has 9 heteroatoms. The normalized spacial score (nSPS) is 11.7. The average Bonchev–Trinajstić information content (AvgIpc) is 2.71. The zero-order chi connectivity index (χ0) is 22.1. The number of aryl methyl sites for hydroxylation is 1. The molecule has 0 amide bonds. The highest BCUT2D eigenvalue weighted by Crippen LogP contribution is 2.21. The summed E-state index contributed by atoms with van der Waals surface area (Å²) < 4.78 is 32.2. The molecule has 0 heterocycles. The summed E-state index contributed by atoms with van der Waals surface area (Å²) in [5.41, 5.74) is 2.81. The van der Waals surface area contributed by atoms with E-state index >= 15 is 0 Å². The van der Waals surface area contributed by atoms with E-state index in [9.17, 15) is 8.42 Å². The molecule has 0 unspecified atom stereocenters. The minimum atomic E-state index is -3.52. The van der Waals surface area contributed by atoms with Crippen LogP contribution in [-0.2, 0) is 23.1 Å². The molecule has 31 heavy (non-hydrogen) atoms. The third-order valence-electron chi connectivity index (χ3n) is 4.45. The molecule has 0 aliphatic carbocycles. The van der Waals surface area contributed by atoms with Crippen LogP contribution in [0.5, 0.6) is 5.75 Å². The summed E-state index contributed by atoms with van der Waals surface area (Å²) >= 11 is 0. The van der Waals surface area contributed by atoms with E-state index in [-0.39, 0.29) is 28.9 Å². The zero-order valence-electron chi connectivity index (χ0n) is 18.8. The van der Waals surface area contributed by atoms with E-state index in [2.05, 4.69) is 15.6 Å². The van der Waals surface area contributed by atoms with Gasteiger partial charge in [0.15, 0.2) is 5.96 Å². The van der Waals surface area contributed by atoms with Crippen LogP contribution in [0.25, 0.3) is 0 Å². The number of hydrogen-bond donors (Lipinski definition) is 2. The molecule has 0 aliphatic rings. The molecule has 0 saturated carbocycles. The summed E-state index contributed by atoms with van der Waals surface area (Å²) in [5.74, 6) is 1.44. The summed E-state index contributed by atoms with van der Waals surface area (Å²) in [6.45, 7) is 8.04. The van der Waals surface area contributed by atoms with Crippen LogP contribution in [0.3, 0.4) is 0 Å². The molecule has 0 radical (unpaired) electrons. The molecule has 7 nitrogen and oxygen atoms in total. The van der Waals surface area contributed by atoms with Crippen LogP contribution < -0.4 is 15.4 Å². The first-order valence-electron chi connectivity index (χ1n) is 10.0. The topological polar surface area (TPSA) is 83.0 Å². The minimum Gasteiger partial charge on any atom is -0.494 e. The first kappa shape index (κ1) is 27.2. The van der Waals surface area contributed by atoms with Crippen LogP contribution in [0.4, 0.5) is 0 Å². The molecule has 0 bridgehead atoms. The maximum atomic E-state index is 12.6. The van der Waals surface area contributed by atoms with Gasteiger partial charge in [0.2, 0.25) is 10.0 Å². The molecule has 0 atom stereocenters. The highest BCUT2D eigenvalue weighted by atomic mass is 127. The molecule has 0 spiro atoms. The van der Waals surface area contributed by atoms with Gasteiger partial charge >= 0.3 is 0 Å². The highest BCUT2D eigenvalue weighted by Gasteiger charge is 2.20. The van der Waals surface area contributed by atoms with Crippen molar-refractivity contribution < 1.29 is 13.2 Å². The van der Waals surface area contributed by atoms with E-state index in [1.807, 2.05) is 45.0 Å². The van der Waals surface area contributed by atoms with Crippen LogP contribution in [-0.4, -0.2) is 45.9 Å². The maximum Gasteiger partial charge on any atom is 0.242 e. The third-order valence-corrected chi connectivity index (χ3v) is 6.37. The maximum absolute atomic E-state index is 12.6. The number of aliphatic imine (C=N–C) groups is 1. The molecule has 0 aliphatic heterocycles. The number of benzene rings is 2. The van der Waals surface area contributed by atoms with Gasteiger partial charge < -0.3 is 15.4 Å². The summed E-state index contributed by atoms with van der Waals surface area (Å²) in [6, 6.07) is 13.1. The van der Waals surface area contributed by atoms with Gasteiger partial charge in [-0.05, 0) is 44.0 Å². The van der Waals surface area contributed by atoms with Crippen LogP contribution in [0.2, 0.25) is 0 Å². The Hall–Kier alpha value is -1.85. The number of ether oxygens (including phenoxy) is 1. The second-order valence-electron chi connectivity index (χ2n) is 6.99. The summed E-state index contributed by atoms with van der Waals surface area (Å²) in [5, 5.41) is 6.44. The molecule has 2 aromatic carbocycles. The first-order valence-corrected chi connectivity index (χ1v) is 11.5. The van der Waals surface area contributed by atoms with Gasteiger partial charge in [-0.2, -0.15) is 0 Å². The van der Waals surface area contributed by atoms with E-state index in [4.69, 9.17) is 4.74 Å². The van der Waals surface area contributed by atoms with Crippen molar-refractivity contribution >= 4 is 40.0 Å². The van der Waals surface area contributed by atoms with Gasteiger partial charge in [-0.3, -0.25) is 0 Å². The van der Waals surface area contributed by atoms with Crippen LogP contribution in [0, 0.1) is 6.92 Å². The number of guanidine groups is 1. The van der Waals surface area contributed by atoms with E-state index in [1.165, 1.54) is 18.4 Å². The Morgan fingerprint density at radius 2 is 1.77 bits per heavy atom. The van der Waals surface area contributed by atoms with Gasteiger partial charge in [0.25, 0.3) is 0 Å². The van der Waals surface area contributed by atoms with Gasteiger partial charge in [-0.15, -0.1) is 24.0 Å². The number of nitrogens with one attached hydrogen (secondary N) is 2. The fourth-order valence-electron chi connectivity index (χ4n) is 2.87. The molecular weight excluding hydrogens is 527 g/mol. The summed E-state index contributed by atoms with van der Waals surface area (Å²) in [4.78, 5) is 4.94. The second kappa shape index (κ2) is 12.9. The van der Waals surface area contributed by atoms with Crippen LogP contribution >= 0.6 is 24.0 Å². The fourth-order valence-corrected chi connectivity index (χ4v) is 3.98. The standard InChI is InChI=1S/C22H32N4O3S.HI/c1-6-23-22(24-15-18-13-12-17(3)14-20(18)29-7-2)25-16-19-10-8-9-11-21(19)30(27,28)26(4)5;/h8-14H,6-7,15-16H2,1-5H3,(H2,23,24,25);1H. The number of rotatable bonds is 9. The van der Waals surface area contributed by atoms with Gasteiger partial charge in [0.1, 0.15) is 5.75 Å². The van der Waals surface area contributed by atoms with Crippen molar-refractivity contribution in [3.63, 3.8) is 0 Å². The number of hydrogen-bond acceptors (Lipinski definition) is 4. The Bertz CT molecular complexity index is 978. The van der Waals surface area contributed by atoms with Gasteiger partial charge in [0, 0.05) is 32.7 Å². The number of sulfonamides is 1. The van der Waals surface area contributed by atoms with Crippen molar-refractivity contribution in [2.75, 3.05) is 27.2 Å². The Balaban J connectivity index is 0.00000480. The lowest BCUT2D eigenvalue weighted by Gasteiger charge is -2.17. The van der Waals surface area contributed by atoms with Crippen LogP contribution in [0.15, 0.2) is 52.4 Å². The number of nitrogens with zero attached hydrogens (tertiary/aromatic N) is 2. The smallest absolute Gasteiger partial charge is 0.242 e. The molecule has 0 saturated heterocycles. The predicted octanol–water partition coefficient (Wildman–Crippen LogP) is 3.52. The molecule has 0 aromatic heterocycles. The molecular formula is C22H33IN4O3S. The quantitative estimate of drug-likeness (QED) is 0.279. The van der Waals surface area contributed by atoms with Crippen molar-refractivity contribution in [1.29, 1.82) is 0 Å². The molecule has 2 N–H and O–H groups in total. The Labute approximate surface area is 203 Å². The summed E-state index contributed by atoms with van der Waals surface area (Å²) in [7, 11) is -0.462. The first-order chi connectivity index (χ1) is 14.3. The highest BCUT2D eigenvalue weighted by molar-refractivity contribution is 14.0. The molecule has 0 fully saturated rings. The number of halogens is 1. The van der Waals surface area contributed by atoms with Gasteiger partial charge in [-0.1, -0.05) is 30.3 Å². The van der Waals surface area contributed by atoms with Crippen LogP contribution in [0.1, 0.15) is 30.5 Å². The third kappa shape index (κ3) is 7.65. The fraction of sp³-hybridized carbons (Fsp3) is 0.409. The van der Waals surface area contributed by atoms with E-state index in [0.717, 1.165) is 16.9 Å². The van der Waals surface area contributed by atoms with Crippen molar-refractivity contribution in [2.45, 2.75) is 38.8 Å². The van der Waals surface area contributed by atoms with Crippen molar-refractivity contribution in [2.24, 2.45) is 4.99 Å². The Morgan fingerprint density at radius 1 is 1.06 bits per heavy atom. The van der Waals surface area contributed by atoms with Crippen molar-refractivity contribution in [3.05, 3.63) is 59.2 Å². The van der Waals surface area contributed by atoms with Gasteiger partial charge in [0.05, 0.1) is 18.0 Å². The molecule has 2 aromatic rings. The monoisotopic (exact) mass is 560 g/mol. The van der Waals surface area contributed by atoms with E-state index in [1.54, 1.807) is 18.2 Å². The average molecular weight is 561 g/mol. The van der Waals surface area contributed by atoms with E-state index < -0.39 is 10.0 Å². The largest absolute Gasteiger partial charge is 0.494 e. The van der Waals surface area contributed by atoms with Gasteiger partial charge in [-0.25, -0.2) is 17.7 Å². The lowest BCUT2D eigenvalue weighted by atomic mass is 10.1. The zero-order valence-corrected chi connectivity index (χ0v) is 22.0. The van der Waals surface area contributed by atoms with Crippen molar-refractivity contribution in [1.82, 2.24) is 14.9 Å². The Kier molecular flexibility index (Phi) is 11.3. The minimum absolute atomic E-state index is 0. The second-order valence-corrected chi connectivity index (χ2v) is 9.11. The molecule has 172 valence electrons.